The molecular formula is C12H6N6O8. The average molecular weight is 362 g/mol. The van der Waals surface area contributed by atoms with Crippen molar-refractivity contribution in [3.63, 3.8) is 0 Å². The predicted molar refractivity (Wildman–Crippen MR) is 83.3 cm³/mol. The summed E-state index contributed by atoms with van der Waals surface area (Å²) in [6.45, 7) is 0. The smallest absolute Gasteiger partial charge is 0.258 e. The molecule has 0 amide bonds. The number of hydrogen-bond acceptors (Lipinski definition) is 10. The molecule has 0 aromatic heterocycles. The van der Waals surface area contributed by atoms with E-state index < -0.39 is 48.0 Å². The molecule has 0 bridgehead atoms. The molecule has 0 aliphatic carbocycles. The fourth-order valence-electron chi connectivity index (χ4n) is 2.24. The van der Waals surface area contributed by atoms with Crippen molar-refractivity contribution in [2.45, 2.75) is 0 Å². The minimum absolute atomic E-state index is 0.172. The van der Waals surface area contributed by atoms with Gasteiger partial charge in [-0.1, -0.05) is 0 Å². The van der Waals surface area contributed by atoms with Gasteiger partial charge in [0.15, 0.2) is 0 Å². The topological polar surface area (TPSA) is 209 Å². The van der Waals surface area contributed by atoms with E-state index in [4.69, 9.17) is 5.53 Å². The van der Waals surface area contributed by atoms with E-state index in [1.807, 2.05) is 0 Å². The van der Waals surface area contributed by atoms with Crippen molar-refractivity contribution < 1.29 is 19.7 Å². The second-order valence-electron chi connectivity index (χ2n) is 4.67. The van der Waals surface area contributed by atoms with Crippen molar-refractivity contribution in [3.05, 3.63) is 70.8 Å². The van der Waals surface area contributed by atoms with Crippen LogP contribution in [0, 0.1) is 46.0 Å². The summed E-state index contributed by atoms with van der Waals surface area (Å²) in [5, 5.41) is 47.2. The first-order valence-corrected chi connectivity index (χ1v) is 6.45. The molecule has 0 saturated carbocycles. The average Bonchev–Trinajstić information content (AvgIpc) is 2.59. The third-order valence-corrected chi connectivity index (χ3v) is 3.29. The molecule has 0 heterocycles. The maximum absolute atomic E-state index is 11.4. The van der Waals surface area contributed by atoms with E-state index >= 15 is 0 Å². The van der Waals surface area contributed by atoms with Gasteiger partial charge in [0.25, 0.3) is 11.4 Å². The molecule has 2 rings (SSSR count). The molecule has 0 unspecified atom stereocenters. The summed E-state index contributed by atoms with van der Waals surface area (Å²) >= 11 is 0. The Morgan fingerprint density at radius 2 is 1.31 bits per heavy atom. The minimum atomic E-state index is -1.13. The lowest BCUT2D eigenvalue weighted by Crippen LogP contribution is -2.02. The van der Waals surface area contributed by atoms with E-state index in [1.165, 1.54) is 0 Å². The highest BCUT2D eigenvalue weighted by Crippen LogP contribution is 2.49. The number of nitro benzene ring substituents is 4. The summed E-state index contributed by atoms with van der Waals surface area (Å²) in [7, 11) is 0. The number of nitro groups is 4. The molecule has 14 heteroatoms. The van der Waals surface area contributed by atoms with Crippen LogP contribution in [0.1, 0.15) is 0 Å². The first-order chi connectivity index (χ1) is 12.2. The molecule has 0 saturated heterocycles. The zero-order valence-corrected chi connectivity index (χ0v) is 12.4. The van der Waals surface area contributed by atoms with Crippen molar-refractivity contribution in [3.8, 4) is 11.1 Å². The summed E-state index contributed by atoms with van der Waals surface area (Å²) in [6.07, 6.45) is 0. The second-order valence-corrected chi connectivity index (χ2v) is 4.67. The largest absolute Gasteiger partial charge is 0.318 e. The summed E-state index contributed by atoms with van der Waals surface area (Å²) in [5.74, 6) is 0. The molecule has 0 spiro atoms. The van der Waals surface area contributed by atoms with E-state index in [1.54, 1.807) is 0 Å². The maximum Gasteiger partial charge on any atom is 0.318 e. The molecule has 2 aromatic rings. The van der Waals surface area contributed by atoms with Gasteiger partial charge in [0.2, 0.25) is 5.69 Å². The molecule has 132 valence electrons. The van der Waals surface area contributed by atoms with Gasteiger partial charge in [-0.15, -0.1) is 5.11 Å². The monoisotopic (exact) mass is 362 g/mol. The summed E-state index contributed by atoms with van der Waals surface area (Å²) < 4.78 is 0. The van der Waals surface area contributed by atoms with E-state index in [9.17, 15) is 40.5 Å². The van der Waals surface area contributed by atoms with E-state index in [-0.39, 0.29) is 11.3 Å². The summed E-state index contributed by atoms with van der Waals surface area (Å²) in [4.78, 5) is 40.4. The lowest BCUT2D eigenvalue weighted by molar-refractivity contribution is -0.401. The first kappa shape index (κ1) is 18.0. The lowest BCUT2D eigenvalue weighted by atomic mass is 9.99. The van der Waals surface area contributed by atoms with Crippen molar-refractivity contribution >= 4 is 28.4 Å². The van der Waals surface area contributed by atoms with E-state index in [0.29, 0.717) is 6.07 Å². The molecule has 0 atom stereocenters. The summed E-state index contributed by atoms with van der Waals surface area (Å²) in [6, 6.07) is 4.42. The second kappa shape index (κ2) is 6.63. The fourth-order valence-corrected chi connectivity index (χ4v) is 2.24. The Kier molecular flexibility index (Phi) is 4.59. The Bertz CT molecular complexity index is 971. The highest BCUT2D eigenvalue weighted by atomic mass is 16.6. The highest BCUT2D eigenvalue weighted by Gasteiger charge is 2.37. The van der Waals surface area contributed by atoms with Crippen LogP contribution < -0.4 is 0 Å². The Morgan fingerprint density at radius 3 is 1.69 bits per heavy atom. The van der Waals surface area contributed by atoms with Gasteiger partial charge in [0.05, 0.1) is 25.8 Å². The van der Waals surface area contributed by atoms with Crippen LogP contribution in [0.5, 0.6) is 0 Å². The van der Waals surface area contributed by atoms with E-state index in [2.05, 4.69) is 5.11 Å². The molecular weight excluding hydrogens is 356 g/mol. The third kappa shape index (κ3) is 3.01. The Balaban J connectivity index is 2.96. The van der Waals surface area contributed by atoms with Crippen LogP contribution >= 0.6 is 0 Å². The standard InChI is InChI=1S/C12H6N6O8/c13-14-11-9(17(23)24)5-8(16(21)22)10(12(11)18(25)26)6-1-3-7(4-2-6)15(19)20/h1-5,13H. The Morgan fingerprint density at radius 1 is 0.769 bits per heavy atom. The zero-order chi connectivity index (χ0) is 19.6. The molecule has 0 fully saturated rings. The number of rotatable bonds is 6. The maximum atomic E-state index is 11.4. The lowest BCUT2D eigenvalue weighted by Gasteiger charge is -2.07. The van der Waals surface area contributed by atoms with Gasteiger partial charge in [0.1, 0.15) is 5.56 Å². The van der Waals surface area contributed by atoms with Crippen molar-refractivity contribution in [1.82, 2.24) is 0 Å². The Labute approximate surface area is 141 Å². The third-order valence-electron chi connectivity index (χ3n) is 3.29. The van der Waals surface area contributed by atoms with Crippen LogP contribution in [-0.2, 0) is 0 Å². The number of benzene rings is 2. The number of nitrogens with one attached hydrogen (secondary N) is 1. The van der Waals surface area contributed by atoms with Crippen LogP contribution in [0.4, 0.5) is 28.4 Å². The van der Waals surface area contributed by atoms with Crippen molar-refractivity contribution in [1.29, 1.82) is 5.53 Å². The van der Waals surface area contributed by atoms with E-state index in [0.717, 1.165) is 24.3 Å². The van der Waals surface area contributed by atoms with Gasteiger partial charge >= 0.3 is 11.4 Å². The number of nitrogens with zero attached hydrogens (tertiary/aromatic N) is 5. The molecule has 1 N–H and O–H groups in total. The normalized spacial score (nSPS) is 10.2. The minimum Gasteiger partial charge on any atom is -0.258 e. The molecule has 26 heavy (non-hydrogen) atoms. The molecule has 14 nitrogen and oxygen atoms in total. The molecule has 0 aliphatic rings. The van der Waals surface area contributed by atoms with Crippen LogP contribution in [0.25, 0.3) is 11.1 Å². The Hall–Kier alpha value is -4.36. The fraction of sp³-hybridized carbons (Fsp3) is 0. The van der Waals surface area contributed by atoms with Crippen molar-refractivity contribution in [2.24, 2.45) is 5.11 Å². The van der Waals surface area contributed by atoms with Gasteiger partial charge in [-0.3, -0.25) is 40.5 Å². The molecule has 2 aromatic carbocycles. The summed E-state index contributed by atoms with van der Waals surface area (Å²) in [5.41, 5.74) is 1.67. The van der Waals surface area contributed by atoms with Gasteiger partial charge in [0, 0.05) is 12.1 Å². The quantitative estimate of drug-likeness (QED) is 0.454. The van der Waals surface area contributed by atoms with Crippen LogP contribution in [0.2, 0.25) is 0 Å². The van der Waals surface area contributed by atoms with Gasteiger partial charge in [-0.25, -0.2) is 5.53 Å². The van der Waals surface area contributed by atoms with Gasteiger partial charge < -0.3 is 0 Å². The van der Waals surface area contributed by atoms with Crippen LogP contribution in [0.15, 0.2) is 35.4 Å². The first-order valence-electron chi connectivity index (χ1n) is 6.45. The zero-order valence-electron chi connectivity index (χ0n) is 12.4. The highest BCUT2D eigenvalue weighted by molar-refractivity contribution is 5.92. The van der Waals surface area contributed by atoms with Crippen LogP contribution in [-0.4, -0.2) is 19.7 Å². The number of non-ortho nitro benzene ring substituents is 1. The van der Waals surface area contributed by atoms with Crippen LogP contribution in [0.3, 0.4) is 0 Å². The predicted octanol–water partition coefficient (Wildman–Crippen LogP) is 3.65. The SMILES string of the molecule is N=Nc1c([N+](=O)[O-])cc([N+](=O)[O-])c(-c2ccc([N+](=O)[O-])cc2)c1[N+](=O)[O-]. The van der Waals surface area contributed by atoms with Crippen molar-refractivity contribution in [2.75, 3.05) is 0 Å². The molecule has 0 radical (unpaired) electrons. The van der Waals surface area contributed by atoms with Gasteiger partial charge in [-0.05, 0) is 17.7 Å². The molecule has 0 aliphatic heterocycles. The van der Waals surface area contributed by atoms with Gasteiger partial charge in [-0.2, -0.15) is 0 Å². The number of hydrogen-bond donors (Lipinski definition) is 1.